The van der Waals surface area contributed by atoms with E-state index in [2.05, 4.69) is 9.46 Å². The molecule has 0 aliphatic heterocycles. The lowest BCUT2D eigenvalue weighted by atomic mass is 10.1. The fourth-order valence-electron chi connectivity index (χ4n) is 2.21. The molecule has 0 heterocycles. The van der Waals surface area contributed by atoms with E-state index in [1.165, 1.54) is 19.2 Å². The van der Waals surface area contributed by atoms with Crippen LogP contribution in [0.15, 0.2) is 53.4 Å². The number of benzene rings is 2. The van der Waals surface area contributed by atoms with E-state index < -0.39 is 16.0 Å². The first kappa shape index (κ1) is 17.2. The van der Waals surface area contributed by atoms with Crippen LogP contribution in [-0.4, -0.2) is 21.5 Å². The van der Waals surface area contributed by atoms with E-state index in [1.807, 2.05) is 30.3 Å². The monoisotopic (exact) mass is 333 g/mol. The van der Waals surface area contributed by atoms with E-state index in [0.29, 0.717) is 5.56 Å². The highest BCUT2D eigenvalue weighted by molar-refractivity contribution is 7.89. The normalized spacial score (nSPS) is 12.7. The Hall–Kier alpha value is -2.18. The van der Waals surface area contributed by atoms with Gasteiger partial charge >= 0.3 is 5.97 Å². The summed E-state index contributed by atoms with van der Waals surface area (Å²) in [6.07, 6.45) is 0. The summed E-state index contributed by atoms with van der Waals surface area (Å²) >= 11 is 0. The quantitative estimate of drug-likeness (QED) is 0.854. The van der Waals surface area contributed by atoms with Crippen LogP contribution in [0.4, 0.5) is 0 Å². The van der Waals surface area contributed by atoms with E-state index in [1.54, 1.807) is 19.9 Å². The van der Waals surface area contributed by atoms with E-state index in [0.717, 1.165) is 5.56 Å². The second-order valence-corrected chi connectivity index (χ2v) is 6.94. The summed E-state index contributed by atoms with van der Waals surface area (Å²) in [7, 11) is -2.48. The second kappa shape index (κ2) is 6.93. The maximum Gasteiger partial charge on any atom is 0.338 e. The molecule has 0 spiro atoms. The summed E-state index contributed by atoms with van der Waals surface area (Å²) in [5.41, 5.74) is 1.76. The first-order chi connectivity index (χ1) is 10.8. The molecule has 2 rings (SSSR count). The number of hydrogen-bond donors (Lipinski definition) is 1. The van der Waals surface area contributed by atoms with Gasteiger partial charge in [0.2, 0.25) is 10.0 Å². The maximum atomic E-state index is 12.5. The van der Waals surface area contributed by atoms with Gasteiger partial charge in [-0.15, -0.1) is 0 Å². The summed E-state index contributed by atoms with van der Waals surface area (Å²) in [6, 6.07) is 13.3. The largest absolute Gasteiger partial charge is 0.465 e. The van der Waals surface area contributed by atoms with Crippen LogP contribution in [0.3, 0.4) is 0 Å². The highest BCUT2D eigenvalue weighted by Gasteiger charge is 2.21. The van der Waals surface area contributed by atoms with Crippen molar-refractivity contribution in [2.45, 2.75) is 24.8 Å². The van der Waals surface area contributed by atoms with E-state index in [9.17, 15) is 13.2 Å². The molecule has 0 amide bonds. The summed E-state index contributed by atoms with van der Waals surface area (Å²) < 4.78 is 32.3. The van der Waals surface area contributed by atoms with Crippen molar-refractivity contribution in [1.82, 2.24) is 4.72 Å². The van der Waals surface area contributed by atoms with Gasteiger partial charge in [-0.1, -0.05) is 36.4 Å². The van der Waals surface area contributed by atoms with Crippen LogP contribution in [0.5, 0.6) is 0 Å². The van der Waals surface area contributed by atoms with Crippen LogP contribution in [-0.2, 0) is 14.8 Å². The van der Waals surface area contributed by atoms with Crippen molar-refractivity contribution in [1.29, 1.82) is 0 Å². The lowest BCUT2D eigenvalue weighted by Crippen LogP contribution is -2.27. The molecule has 0 saturated heterocycles. The smallest absolute Gasteiger partial charge is 0.338 e. The van der Waals surface area contributed by atoms with E-state index in [-0.39, 0.29) is 16.5 Å². The van der Waals surface area contributed by atoms with Crippen molar-refractivity contribution < 1.29 is 17.9 Å². The molecule has 0 aliphatic rings. The van der Waals surface area contributed by atoms with Gasteiger partial charge < -0.3 is 4.74 Å². The lowest BCUT2D eigenvalue weighted by molar-refractivity contribution is 0.0599. The molecule has 122 valence electrons. The number of nitrogens with one attached hydrogen (secondary N) is 1. The van der Waals surface area contributed by atoms with Crippen molar-refractivity contribution in [3.63, 3.8) is 0 Å². The number of aryl methyl sites for hydroxylation is 1. The van der Waals surface area contributed by atoms with Gasteiger partial charge in [-0.25, -0.2) is 17.9 Å². The average Bonchev–Trinajstić information content (AvgIpc) is 2.54. The fraction of sp³-hybridized carbons (Fsp3) is 0.235. The van der Waals surface area contributed by atoms with Gasteiger partial charge in [0.15, 0.2) is 0 Å². The third-order valence-electron chi connectivity index (χ3n) is 3.56. The zero-order valence-corrected chi connectivity index (χ0v) is 14.1. The SMILES string of the molecule is COC(=O)c1cc(S(=O)(=O)N[C@H](C)c2ccccc2)ccc1C. The molecule has 0 unspecified atom stereocenters. The zero-order chi connectivity index (χ0) is 17.0. The Morgan fingerprint density at radius 2 is 1.78 bits per heavy atom. The number of hydrogen-bond acceptors (Lipinski definition) is 4. The molecule has 0 aliphatic carbocycles. The van der Waals surface area contributed by atoms with Crippen LogP contribution in [0.25, 0.3) is 0 Å². The minimum absolute atomic E-state index is 0.0336. The predicted molar refractivity (Wildman–Crippen MR) is 87.7 cm³/mol. The first-order valence-corrected chi connectivity index (χ1v) is 8.59. The Kier molecular flexibility index (Phi) is 5.18. The number of carbonyl (C=O) groups is 1. The minimum atomic E-state index is -3.75. The molecule has 2 aromatic carbocycles. The molecular weight excluding hydrogens is 314 g/mol. The third-order valence-corrected chi connectivity index (χ3v) is 5.09. The molecule has 1 N–H and O–H groups in total. The molecule has 2 aromatic rings. The van der Waals surface area contributed by atoms with Crippen LogP contribution in [0, 0.1) is 6.92 Å². The Morgan fingerprint density at radius 3 is 2.39 bits per heavy atom. The predicted octanol–water partition coefficient (Wildman–Crippen LogP) is 2.82. The summed E-state index contributed by atoms with van der Waals surface area (Å²) in [5.74, 6) is -0.560. The van der Waals surface area contributed by atoms with Gasteiger partial charge in [-0.3, -0.25) is 0 Å². The Bertz CT molecular complexity index is 801. The van der Waals surface area contributed by atoms with Gasteiger partial charge in [-0.05, 0) is 37.1 Å². The van der Waals surface area contributed by atoms with E-state index in [4.69, 9.17) is 0 Å². The van der Waals surface area contributed by atoms with Crippen molar-refractivity contribution >= 4 is 16.0 Å². The maximum absolute atomic E-state index is 12.5. The Morgan fingerprint density at radius 1 is 1.13 bits per heavy atom. The number of esters is 1. The molecular formula is C17H19NO4S. The fourth-order valence-corrected chi connectivity index (χ4v) is 3.47. The number of sulfonamides is 1. The third kappa shape index (κ3) is 3.97. The lowest BCUT2D eigenvalue weighted by Gasteiger charge is -2.15. The first-order valence-electron chi connectivity index (χ1n) is 7.11. The Labute approximate surface area is 136 Å². The van der Waals surface area contributed by atoms with Crippen molar-refractivity contribution in [3.8, 4) is 0 Å². The highest BCUT2D eigenvalue weighted by atomic mass is 32.2. The van der Waals surface area contributed by atoms with E-state index >= 15 is 0 Å². The summed E-state index contributed by atoms with van der Waals surface area (Å²) in [4.78, 5) is 11.8. The number of ether oxygens (including phenoxy) is 1. The van der Waals surface area contributed by atoms with Gasteiger partial charge in [0, 0.05) is 6.04 Å². The summed E-state index contributed by atoms with van der Waals surface area (Å²) in [6.45, 7) is 3.49. The molecule has 0 fully saturated rings. The molecule has 5 nitrogen and oxygen atoms in total. The van der Waals surface area contributed by atoms with Crippen molar-refractivity contribution in [3.05, 3.63) is 65.2 Å². The molecule has 6 heteroatoms. The number of methoxy groups -OCH3 is 1. The highest BCUT2D eigenvalue weighted by Crippen LogP contribution is 2.20. The second-order valence-electron chi connectivity index (χ2n) is 5.22. The topological polar surface area (TPSA) is 72.5 Å². The zero-order valence-electron chi connectivity index (χ0n) is 13.2. The van der Waals surface area contributed by atoms with Crippen LogP contribution < -0.4 is 4.72 Å². The van der Waals surface area contributed by atoms with Crippen molar-refractivity contribution in [2.75, 3.05) is 7.11 Å². The Balaban J connectivity index is 2.31. The summed E-state index contributed by atoms with van der Waals surface area (Å²) in [5, 5.41) is 0. The number of rotatable bonds is 5. The standard InChI is InChI=1S/C17H19NO4S/c1-12-9-10-15(11-16(12)17(19)22-3)23(20,21)18-13(2)14-7-5-4-6-8-14/h4-11,13,18H,1-3H3/t13-/m1/s1. The van der Waals surface area contributed by atoms with Gasteiger partial charge in [0.05, 0.1) is 17.6 Å². The van der Waals surface area contributed by atoms with Crippen LogP contribution in [0.2, 0.25) is 0 Å². The molecule has 23 heavy (non-hydrogen) atoms. The molecule has 0 saturated carbocycles. The molecule has 1 atom stereocenters. The van der Waals surface area contributed by atoms with Crippen molar-refractivity contribution in [2.24, 2.45) is 0 Å². The molecule has 0 bridgehead atoms. The number of carbonyl (C=O) groups excluding carboxylic acids is 1. The van der Waals surface area contributed by atoms with Gasteiger partial charge in [0.1, 0.15) is 0 Å². The minimum Gasteiger partial charge on any atom is -0.465 e. The van der Waals surface area contributed by atoms with Gasteiger partial charge in [-0.2, -0.15) is 0 Å². The van der Waals surface area contributed by atoms with Crippen LogP contribution >= 0.6 is 0 Å². The average molecular weight is 333 g/mol. The molecule has 0 radical (unpaired) electrons. The van der Waals surface area contributed by atoms with Crippen LogP contribution in [0.1, 0.15) is 34.5 Å². The van der Waals surface area contributed by atoms with Gasteiger partial charge in [0.25, 0.3) is 0 Å². The molecule has 0 aromatic heterocycles.